The average Bonchev–Trinajstić information content (AvgIpc) is 3.07. The van der Waals surface area contributed by atoms with Crippen LogP contribution in [0.25, 0.3) is 0 Å². The van der Waals surface area contributed by atoms with Crippen molar-refractivity contribution >= 4 is 5.82 Å². The summed E-state index contributed by atoms with van der Waals surface area (Å²) in [6, 6.07) is 5.46. The fourth-order valence-corrected chi connectivity index (χ4v) is 2.95. The van der Waals surface area contributed by atoms with Crippen LogP contribution in [0, 0.1) is 5.92 Å². The van der Waals surface area contributed by atoms with Gasteiger partial charge in [0.2, 0.25) is 0 Å². The molecule has 1 unspecified atom stereocenters. The maximum atomic E-state index is 12.8. The van der Waals surface area contributed by atoms with Crippen LogP contribution in [0.2, 0.25) is 0 Å². The molecule has 0 spiro atoms. The summed E-state index contributed by atoms with van der Waals surface area (Å²) in [6.45, 7) is 10.5. The summed E-state index contributed by atoms with van der Waals surface area (Å²) in [6.07, 6.45) is -2.14. The Kier molecular flexibility index (Phi) is 9.35. The lowest BCUT2D eigenvalue weighted by Crippen LogP contribution is -2.34. The Bertz CT molecular complexity index is 680. The van der Waals surface area contributed by atoms with Crippen molar-refractivity contribution in [3.8, 4) is 0 Å². The van der Waals surface area contributed by atoms with Gasteiger partial charge in [0.05, 0.1) is 11.8 Å². The van der Waals surface area contributed by atoms with Crippen molar-refractivity contribution in [1.29, 1.82) is 0 Å². The number of anilines is 1. The van der Waals surface area contributed by atoms with E-state index in [0.29, 0.717) is 17.9 Å². The fourth-order valence-electron chi connectivity index (χ4n) is 2.95. The van der Waals surface area contributed by atoms with Crippen LogP contribution < -0.4 is 10.6 Å². The van der Waals surface area contributed by atoms with E-state index in [9.17, 15) is 13.2 Å². The predicted molar refractivity (Wildman–Crippen MR) is 105 cm³/mol. The highest BCUT2D eigenvalue weighted by atomic mass is 19.4. The molecule has 1 aromatic carbocycles. The Morgan fingerprint density at radius 3 is 2.56 bits per heavy atom. The van der Waals surface area contributed by atoms with E-state index in [2.05, 4.69) is 15.7 Å². The number of fused-ring (bicyclic) bond motifs is 1. The zero-order valence-corrected chi connectivity index (χ0v) is 16.8. The molecular weight excluding hydrogens is 353 g/mol. The molecule has 2 aromatic rings. The second-order valence-electron chi connectivity index (χ2n) is 5.88. The molecule has 1 atom stereocenters. The maximum absolute atomic E-state index is 12.8. The Morgan fingerprint density at radius 1 is 1.22 bits per heavy atom. The molecule has 152 valence electrons. The second kappa shape index (κ2) is 11.0. The van der Waals surface area contributed by atoms with Crippen molar-refractivity contribution in [2.45, 2.75) is 46.8 Å². The molecule has 0 bridgehead atoms. The van der Waals surface area contributed by atoms with Crippen molar-refractivity contribution in [1.82, 2.24) is 15.1 Å². The molecular formula is C20H31F3N4. The first-order valence-electron chi connectivity index (χ1n) is 9.56. The summed E-state index contributed by atoms with van der Waals surface area (Å²) in [5.74, 6) is 1.36. The lowest BCUT2D eigenvalue weighted by Gasteiger charge is -2.25. The van der Waals surface area contributed by atoms with Gasteiger partial charge in [-0.15, -0.1) is 0 Å². The van der Waals surface area contributed by atoms with Gasteiger partial charge in [-0.3, -0.25) is 0 Å². The topological polar surface area (TPSA) is 41.9 Å². The predicted octanol–water partition coefficient (Wildman–Crippen LogP) is 4.81. The maximum Gasteiger partial charge on any atom is 0.416 e. The quantitative estimate of drug-likeness (QED) is 0.795. The number of alkyl halides is 3. The van der Waals surface area contributed by atoms with Crippen molar-refractivity contribution < 1.29 is 13.2 Å². The van der Waals surface area contributed by atoms with E-state index < -0.39 is 11.7 Å². The van der Waals surface area contributed by atoms with E-state index in [1.54, 1.807) is 12.3 Å². The normalized spacial score (nSPS) is 15.5. The molecule has 0 saturated heterocycles. The van der Waals surface area contributed by atoms with E-state index in [1.807, 2.05) is 39.4 Å². The summed E-state index contributed by atoms with van der Waals surface area (Å²) in [7, 11) is 1.91. The summed E-state index contributed by atoms with van der Waals surface area (Å²) >= 11 is 0. The van der Waals surface area contributed by atoms with Gasteiger partial charge in [-0.1, -0.05) is 45.9 Å². The molecule has 2 N–H and O–H groups in total. The minimum Gasteiger partial charge on any atom is -0.370 e. The number of hydrogen-bond donors (Lipinski definition) is 2. The molecule has 4 nitrogen and oxygen atoms in total. The Morgan fingerprint density at radius 2 is 1.93 bits per heavy atom. The third kappa shape index (κ3) is 6.27. The van der Waals surface area contributed by atoms with Crippen LogP contribution in [0.5, 0.6) is 0 Å². The fraction of sp³-hybridized carbons (Fsp3) is 0.550. The summed E-state index contributed by atoms with van der Waals surface area (Å²) < 4.78 is 40.3. The molecule has 0 radical (unpaired) electrons. The summed E-state index contributed by atoms with van der Waals surface area (Å²) in [4.78, 5) is 0. The molecule has 0 fully saturated rings. The standard InChI is InChI=1S/C16H19F3N4.2C2H6/c1-20-7-12-8-21-15-13(9-22-23(15)10-12)5-11-3-2-4-14(6-11)16(17,18)19;2*1-2/h2-4,6,9,12,20-21H,5,7-8,10H2,1H3;2*1-2H3. The van der Waals surface area contributed by atoms with E-state index in [-0.39, 0.29) is 0 Å². The van der Waals surface area contributed by atoms with Gasteiger partial charge in [0, 0.05) is 37.5 Å². The molecule has 1 aliphatic heterocycles. The van der Waals surface area contributed by atoms with Crippen molar-refractivity contribution in [3.63, 3.8) is 0 Å². The largest absolute Gasteiger partial charge is 0.416 e. The van der Waals surface area contributed by atoms with Gasteiger partial charge in [0.25, 0.3) is 0 Å². The average molecular weight is 384 g/mol. The smallest absolute Gasteiger partial charge is 0.370 e. The molecule has 7 heteroatoms. The van der Waals surface area contributed by atoms with Crippen LogP contribution in [-0.4, -0.2) is 29.9 Å². The second-order valence-corrected chi connectivity index (χ2v) is 5.88. The van der Waals surface area contributed by atoms with Gasteiger partial charge in [0.1, 0.15) is 5.82 Å². The van der Waals surface area contributed by atoms with Gasteiger partial charge in [-0.25, -0.2) is 4.68 Å². The molecule has 3 rings (SSSR count). The third-order valence-electron chi connectivity index (χ3n) is 4.05. The van der Waals surface area contributed by atoms with Crippen molar-refractivity contribution in [2.75, 3.05) is 25.5 Å². The number of aromatic nitrogens is 2. The van der Waals surface area contributed by atoms with E-state index >= 15 is 0 Å². The molecule has 0 saturated carbocycles. The Hall–Kier alpha value is -2.02. The van der Waals surface area contributed by atoms with Gasteiger partial charge >= 0.3 is 6.18 Å². The molecule has 2 heterocycles. The molecule has 0 aliphatic carbocycles. The number of halogens is 3. The van der Waals surface area contributed by atoms with Crippen LogP contribution in [-0.2, 0) is 19.1 Å². The lowest BCUT2D eigenvalue weighted by atomic mass is 10.0. The highest BCUT2D eigenvalue weighted by Crippen LogP contribution is 2.31. The SMILES string of the molecule is CC.CC.CNCC1CNc2c(Cc3cccc(C(F)(F)F)c3)cnn2C1. The number of hydrogen-bond acceptors (Lipinski definition) is 3. The minimum atomic E-state index is -4.31. The monoisotopic (exact) mass is 384 g/mol. The van der Waals surface area contributed by atoms with E-state index in [4.69, 9.17) is 0 Å². The zero-order valence-electron chi connectivity index (χ0n) is 16.8. The molecule has 0 amide bonds. The van der Waals surface area contributed by atoms with Gasteiger partial charge in [0.15, 0.2) is 0 Å². The van der Waals surface area contributed by atoms with E-state index in [1.165, 1.54) is 12.1 Å². The first kappa shape index (κ1) is 23.0. The molecule has 27 heavy (non-hydrogen) atoms. The van der Waals surface area contributed by atoms with Crippen LogP contribution in [0.3, 0.4) is 0 Å². The third-order valence-corrected chi connectivity index (χ3v) is 4.05. The molecule has 1 aromatic heterocycles. The van der Waals surface area contributed by atoms with Crippen LogP contribution in [0.1, 0.15) is 44.4 Å². The van der Waals surface area contributed by atoms with Gasteiger partial charge < -0.3 is 10.6 Å². The van der Waals surface area contributed by atoms with Crippen molar-refractivity contribution in [3.05, 3.63) is 47.2 Å². The minimum absolute atomic E-state index is 0.433. The van der Waals surface area contributed by atoms with Crippen LogP contribution in [0.15, 0.2) is 30.5 Å². The van der Waals surface area contributed by atoms with Crippen molar-refractivity contribution in [2.24, 2.45) is 5.92 Å². The number of nitrogens with zero attached hydrogens (tertiary/aromatic N) is 2. The molecule has 1 aliphatic rings. The Labute approximate surface area is 160 Å². The van der Waals surface area contributed by atoms with Gasteiger partial charge in [-0.2, -0.15) is 18.3 Å². The number of rotatable bonds is 4. The highest BCUT2D eigenvalue weighted by Gasteiger charge is 2.30. The first-order valence-corrected chi connectivity index (χ1v) is 9.56. The zero-order chi connectivity index (χ0) is 20.4. The Balaban J connectivity index is 0.000000855. The van der Waals surface area contributed by atoms with Crippen LogP contribution in [0.4, 0.5) is 19.0 Å². The van der Waals surface area contributed by atoms with E-state index in [0.717, 1.165) is 37.1 Å². The highest BCUT2D eigenvalue weighted by molar-refractivity contribution is 5.48. The van der Waals surface area contributed by atoms with Crippen LogP contribution >= 0.6 is 0 Å². The van der Waals surface area contributed by atoms with Gasteiger partial charge in [-0.05, 0) is 18.7 Å². The number of benzene rings is 1. The summed E-state index contributed by atoms with van der Waals surface area (Å²) in [5.41, 5.74) is 0.945. The number of nitrogens with one attached hydrogen (secondary N) is 2. The summed E-state index contributed by atoms with van der Waals surface area (Å²) in [5, 5.41) is 10.9. The first-order chi connectivity index (χ1) is 13.0. The lowest BCUT2D eigenvalue weighted by molar-refractivity contribution is -0.137.